The Morgan fingerprint density at radius 1 is 1.08 bits per heavy atom. The normalized spacial score (nSPS) is 12.4. The summed E-state index contributed by atoms with van der Waals surface area (Å²) in [5, 5.41) is 0.778. The van der Waals surface area contributed by atoms with Crippen LogP contribution in [0.4, 0.5) is 0 Å². The van der Waals surface area contributed by atoms with Crippen molar-refractivity contribution < 1.29 is 0 Å². The zero-order chi connectivity index (χ0) is 17.3. The summed E-state index contributed by atoms with van der Waals surface area (Å²) in [5.41, 5.74) is 6.49. The minimum Gasteiger partial charge on any atom is -0.330 e. The Bertz CT molecular complexity index is 864. The average molecular weight is 339 g/mol. The van der Waals surface area contributed by atoms with Crippen LogP contribution in [-0.2, 0) is 6.54 Å². The summed E-state index contributed by atoms with van der Waals surface area (Å²) in [6, 6.07) is 12.5. The number of benzene rings is 2. The van der Waals surface area contributed by atoms with Crippen molar-refractivity contribution in [1.29, 1.82) is 0 Å². The van der Waals surface area contributed by atoms with Crippen LogP contribution in [0, 0.1) is 20.8 Å². The maximum Gasteiger partial charge on any atom is 0.116 e. The number of hydrogen-bond acceptors (Lipinski definition) is 1. The van der Waals surface area contributed by atoms with Crippen molar-refractivity contribution in [2.24, 2.45) is 0 Å². The third-order valence-corrected chi connectivity index (χ3v) is 5.13. The van der Waals surface area contributed by atoms with Gasteiger partial charge in [-0.25, -0.2) is 4.98 Å². The molecule has 0 saturated carbocycles. The number of aryl methyl sites for hydroxylation is 2. The first-order valence-corrected chi connectivity index (χ1v) is 8.67. The topological polar surface area (TPSA) is 17.8 Å². The van der Waals surface area contributed by atoms with E-state index in [9.17, 15) is 0 Å². The number of hydrogen-bond donors (Lipinski definition) is 0. The smallest absolute Gasteiger partial charge is 0.116 e. The molecule has 124 valence electrons. The fraction of sp³-hybridized carbons (Fsp3) is 0.286. The van der Waals surface area contributed by atoms with E-state index in [-0.39, 0.29) is 5.92 Å². The van der Waals surface area contributed by atoms with Gasteiger partial charge in [0, 0.05) is 29.9 Å². The van der Waals surface area contributed by atoms with Crippen LogP contribution in [0.1, 0.15) is 46.5 Å². The number of imidazole rings is 1. The van der Waals surface area contributed by atoms with Crippen molar-refractivity contribution in [3.63, 3.8) is 0 Å². The highest BCUT2D eigenvalue weighted by Crippen LogP contribution is 2.28. The van der Waals surface area contributed by atoms with Crippen LogP contribution in [-0.4, -0.2) is 9.55 Å². The van der Waals surface area contributed by atoms with Gasteiger partial charge in [0.15, 0.2) is 0 Å². The third-order valence-electron chi connectivity index (χ3n) is 4.90. The highest BCUT2D eigenvalue weighted by Gasteiger charge is 2.17. The molecule has 0 unspecified atom stereocenters. The molecular formula is C21H23ClN2. The van der Waals surface area contributed by atoms with Crippen LogP contribution >= 0.6 is 11.6 Å². The van der Waals surface area contributed by atoms with Gasteiger partial charge in [0.25, 0.3) is 0 Å². The van der Waals surface area contributed by atoms with E-state index in [0.717, 1.165) is 17.4 Å². The SMILES string of the molecule is Cc1ccc(Cl)cc1Cn1ccnc1[C@@H](C)c1cccc(C)c1C. The maximum absolute atomic E-state index is 6.17. The molecule has 3 aromatic rings. The highest BCUT2D eigenvalue weighted by molar-refractivity contribution is 6.30. The molecule has 0 spiro atoms. The molecule has 0 N–H and O–H groups in total. The highest BCUT2D eigenvalue weighted by atomic mass is 35.5. The fourth-order valence-corrected chi connectivity index (χ4v) is 3.41. The largest absolute Gasteiger partial charge is 0.330 e. The van der Waals surface area contributed by atoms with Crippen LogP contribution in [0.3, 0.4) is 0 Å². The van der Waals surface area contributed by atoms with Crippen molar-refractivity contribution in [3.05, 3.63) is 87.5 Å². The van der Waals surface area contributed by atoms with Crippen LogP contribution < -0.4 is 0 Å². The minimum atomic E-state index is 0.249. The lowest BCUT2D eigenvalue weighted by Crippen LogP contribution is -2.10. The molecule has 0 aliphatic rings. The van der Waals surface area contributed by atoms with Gasteiger partial charge in [-0.15, -0.1) is 0 Å². The van der Waals surface area contributed by atoms with Gasteiger partial charge < -0.3 is 4.57 Å². The van der Waals surface area contributed by atoms with Crippen LogP contribution in [0.2, 0.25) is 5.02 Å². The quantitative estimate of drug-likeness (QED) is 0.600. The Balaban J connectivity index is 1.95. The molecule has 0 aliphatic carbocycles. The van der Waals surface area contributed by atoms with Crippen molar-refractivity contribution in [1.82, 2.24) is 9.55 Å². The average Bonchev–Trinajstić information content (AvgIpc) is 3.01. The summed E-state index contributed by atoms with van der Waals surface area (Å²) in [5.74, 6) is 1.34. The molecule has 0 aliphatic heterocycles. The van der Waals surface area contributed by atoms with Crippen molar-refractivity contribution in [3.8, 4) is 0 Å². The Labute approximate surface area is 149 Å². The number of aromatic nitrogens is 2. The molecule has 3 rings (SSSR count). The minimum absolute atomic E-state index is 0.249. The second-order valence-corrected chi connectivity index (χ2v) is 6.93. The van der Waals surface area contributed by atoms with E-state index in [4.69, 9.17) is 11.6 Å². The molecule has 2 nitrogen and oxygen atoms in total. The van der Waals surface area contributed by atoms with Gasteiger partial charge in [-0.3, -0.25) is 0 Å². The lowest BCUT2D eigenvalue weighted by Gasteiger charge is -2.18. The molecule has 1 heterocycles. The van der Waals surface area contributed by atoms with Crippen LogP contribution in [0.15, 0.2) is 48.8 Å². The van der Waals surface area contributed by atoms with Crippen molar-refractivity contribution in [2.75, 3.05) is 0 Å². The number of rotatable bonds is 4. The first-order chi connectivity index (χ1) is 11.5. The van der Waals surface area contributed by atoms with Gasteiger partial charge in [-0.1, -0.05) is 42.8 Å². The monoisotopic (exact) mass is 338 g/mol. The van der Waals surface area contributed by atoms with Gasteiger partial charge in [-0.05, 0) is 60.7 Å². The van der Waals surface area contributed by atoms with Gasteiger partial charge in [0.2, 0.25) is 0 Å². The zero-order valence-electron chi connectivity index (χ0n) is 14.7. The molecule has 0 radical (unpaired) electrons. The first-order valence-electron chi connectivity index (χ1n) is 8.29. The van der Waals surface area contributed by atoms with E-state index in [1.807, 2.05) is 18.3 Å². The summed E-state index contributed by atoms with van der Waals surface area (Å²) >= 11 is 6.17. The van der Waals surface area contributed by atoms with E-state index in [0.29, 0.717) is 0 Å². The zero-order valence-corrected chi connectivity index (χ0v) is 15.4. The lowest BCUT2D eigenvalue weighted by molar-refractivity contribution is 0.685. The summed E-state index contributed by atoms with van der Waals surface area (Å²) in [7, 11) is 0. The van der Waals surface area contributed by atoms with Crippen LogP contribution in [0.25, 0.3) is 0 Å². The van der Waals surface area contributed by atoms with E-state index >= 15 is 0 Å². The van der Waals surface area contributed by atoms with E-state index in [2.05, 4.69) is 67.7 Å². The number of nitrogens with zero attached hydrogens (tertiary/aromatic N) is 2. The fourth-order valence-electron chi connectivity index (χ4n) is 3.21. The lowest BCUT2D eigenvalue weighted by atomic mass is 9.93. The molecule has 3 heteroatoms. The van der Waals surface area contributed by atoms with E-state index in [1.165, 1.54) is 27.8 Å². The first kappa shape index (κ1) is 16.8. The van der Waals surface area contributed by atoms with Crippen molar-refractivity contribution >= 4 is 11.6 Å². The summed E-state index contributed by atoms with van der Waals surface area (Å²) < 4.78 is 2.23. The predicted molar refractivity (Wildman–Crippen MR) is 101 cm³/mol. The maximum atomic E-state index is 6.17. The molecule has 0 saturated heterocycles. The van der Waals surface area contributed by atoms with Crippen molar-refractivity contribution in [2.45, 2.75) is 40.2 Å². The second kappa shape index (κ2) is 6.82. The molecule has 0 bridgehead atoms. The summed E-state index contributed by atoms with van der Waals surface area (Å²) in [4.78, 5) is 4.64. The van der Waals surface area contributed by atoms with Gasteiger partial charge in [0.1, 0.15) is 5.82 Å². The Morgan fingerprint density at radius 2 is 1.88 bits per heavy atom. The molecule has 1 aromatic heterocycles. The molecule has 24 heavy (non-hydrogen) atoms. The third kappa shape index (κ3) is 3.25. The van der Waals surface area contributed by atoms with E-state index in [1.54, 1.807) is 0 Å². The van der Waals surface area contributed by atoms with Gasteiger partial charge in [-0.2, -0.15) is 0 Å². The molecule has 2 aromatic carbocycles. The van der Waals surface area contributed by atoms with E-state index < -0.39 is 0 Å². The molecular weight excluding hydrogens is 316 g/mol. The molecule has 0 fully saturated rings. The van der Waals surface area contributed by atoms with Gasteiger partial charge in [0.05, 0.1) is 0 Å². The molecule has 1 atom stereocenters. The standard InChI is InChI=1S/C21H23ClN2/c1-14-6-5-7-20(16(14)3)17(4)21-23-10-11-24(21)13-18-12-19(22)9-8-15(18)2/h5-12,17H,13H2,1-4H3/t17-/m0/s1. The second-order valence-electron chi connectivity index (χ2n) is 6.49. The summed E-state index contributed by atoms with van der Waals surface area (Å²) in [6.07, 6.45) is 3.94. The Kier molecular flexibility index (Phi) is 4.77. The predicted octanol–water partition coefficient (Wildman–Crippen LogP) is 5.66. The Morgan fingerprint density at radius 3 is 2.67 bits per heavy atom. The number of halogens is 1. The molecule has 0 amide bonds. The Hall–Kier alpha value is -2.06. The summed E-state index contributed by atoms with van der Waals surface area (Å²) in [6.45, 7) is 9.49. The van der Waals surface area contributed by atoms with Gasteiger partial charge >= 0.3 is 0 Å². The van der Waals surface area contributed by atoms with Crippen LogP contribution in [0.5, 0.6) is 0 Å².